The summed E-state index contributed by atoms with van der Waals surface area (Å²) in [6.45, 7) is 6.30. The SMILES string of the molecule is Cc1nc2c(c(=O)n1CCOC1CCC(Cl)CC1C1CC(C)NC3C(C(=O)NS(=O)(=O)C4CCNCC4)CSC13)C[C@@H](N(C)C1CC1)CC2. The zero-order chi connectivity index (χ0) is 34.4. The molecule has 3 saturated heterocycles. The van der Waals surface area contributed by atoms with E-state index < -0.39 is 21.2 Å². The largest absolute Gasteiger partial charge is 0.376 e. The van der Waals surface area contributed by atoms with E-state index in [0.717, 1.165) is 62.0 Å². The van der Waals surface area contributed by atoms with Gasteiger partial charge in [0, 0.05) is 46.1 Å². The lowest BCUT2D eigenvalue weighted by atomic mass is 9.70. The lowest BCUT2D eigenvalue weighted by Crippen LogP contribution is -2.59. The van der Waals surface area contributed by atoms with Crippen molar-refractivity contribution in [1.29, 1.82) is 0 Å². The number of thioether (sulfide) groups is 1. The van der Waals surface area contributed by atoms with Gasteiger partial charge in [0.2, 0.25) is 15.9 Å². The van der Waals surface area contributed by atoms with Crippen molar-refractivity contribution in [3.63, 3.8) is 0 Å². The highest BCUT2D eigenvalue weighted by molar-refractivity contribution is 8.00. The molecule has 1 amide bonds. The molecule has 49 heavy (non-hydrogen) atoms. The Balaban J connectivity index is 1.01. The predicted molar refractivity (Wildman–Crippen MR) is 194 cm³/mol. The van der Waals surface area contributed by atoms with E-state index in [2.05, 4.69) is 34.2 Å². The molecule has 11 nitrogen and oxygen atoms in total. The number of aryl methyl sites for hydroxylation is 2. The fraction of sp³-hybridized carbons (Fsp3) is 0.857. The third kappa shape index (κ3) is 7.78. The van der Waals surface area contributed by atoms with Crippen LogP contribution >= 0.6 is 23.4 Å². The number of nitrogens with zero attached hydrogens (tertiary/aromatic N) is 3. The number of alkyl halides is 1. The van der Waals surface area contributed by atoms with Gasteiger partial charge < -0.3 is 20.3 Å². The van der Waals surface area contributed by atoms with Crippen LogP contribution in [-0.4, -0.2) is 107 Å². The molecule has 4 heterocycles. The number of hydrogen-bond acceptors (Lipinski definition) is 10. The van der Waals surface area contributed by atoms with Crippen LogP contribution in [0.2, 0.25) is 0 Å². The minimum Gasteiger partial charge on any atom is -0.376 e. The molecular formula is C35H55ClN6O5S2. The molecule has 3 aliphatic heterocycles. The van der Waals surface area contributed by atoms with Crippen molar-refractivity contribution >= 4 is 39.3 Å². The van der Waals surface area contributed by atoms with Gasteiger partial charge in [0.25, 0.3) is 5.56 Å². The van der Waals surface area contributed by atoms with E-state index in [1.807, 2.05) is 11.5 Å². The number of carbonyl (C=O) groups is 1. The number of carbonyl (C=O) groups excluding carboxylic acids is 1. The van der Waals surface area contributed by atoms with Gasteiger partial charge in [0.1, 0.15) is 5.82 Å². The summed E-state index contributed by atoms with van der Waals surface area (Å²) in [4.78, 5) is 34.7. The highest BCUT2D eigenvalue weighted by Gasteiger charge is 2.52. The summed E-state index contributed by atoms with van der Waals surface area (Å²) in [6, 6.07) is 1.15. The summed E-state index contributed by atoms with van der Waals surface area (Å²) >= 11 is 8.62. The Hall–Kier alpha value is -1.22. The van der Waals surface area contributed by atoms with Gasteiger partial charge in [-0.05, 0) is 116 Å². The second-order valence-electron chi connectivity index (χ2n) is 15.7. The summed E-state index contributed by atoms with van der Waals surface area (Å²) in [5, 5.41) is 6.59. The first-order valence-electron chi connectivity index (χ1n) is 18.7. The van der Waals surface area contributed by atoms with E-state index in [1.54, 1.807) is 11.8 Å². The summed E-state index contributed by atoms with van der Waals surface area (Å²) in [5.74, 6) is 1.06. The van der Waals surface area contributed by atoms with Crippen LogP contribution in [0, 0.1) is 24.7 Å². The topological polar surface area (TPSA) is 135 Å². The highest BCUT2D eigenvalue weighted by atomic mass is 35.5. The van der Waals surface area contributed by atoms with E-state index in [-0.39, 0.29) is 52.1 Å². The molecule has 7 rings (SSSR count). The predicted octanol–water partition coefficient (Wildman–Crippen LogP) is 2.59. The molecule has 0 spiro atoms. The van der Waals surface area contributed by atoms with Gasteiger partial charge in [0.05, 0.1) is 36.1 Å². The van der Waals surface area contributed by atoms with Crippen LogP contribution in [0.25, 0.3) is 0 Å². The number of likely N-dealkylation sites (N-methyl/N-ethyl adjacent to an activating group) is 1. The molecule has 2 saturated carbocycles. The number of amides is 1. The minimum absolute atomic E-state index is 0.0119. The summed E-state index contributed by atoms with van der Waals surface area (Å²) in [6.07, 6.45) is 9.81. The molecule has 1 aromatic heterocycles. The number of rotatable bonds is 10. The van der Waals surface area contributed by atoms with Crippen LogP contribution in [-0.2, 0) is 38.9 Å². The number of hydrogen-bond donors (Lipinski definition) is 3. The van der Waals surface area contributed by atoms with E-state index in [9.17, 15) is 18.0 Å². The van der Waals surface area contributed by atoms with Crippen molar-refractivity contribution in [3.05, 3.63) is 27.4 Å². The Morgan fingerprint density at radius 3 is 2.63 bits per heavy atom. The highest BCUT2D eigenvalue weighted by Crippen LogP contribution is 2.48. The summed E-state index contributed by atoms with van der Waals surface area (Å²) in [5.41, 5.74) is 1.94. The first kappa shape index (κ1) is 36.2. The van der Waals surface area contributed by atoms with Crippen LogP contribution in [0.5, 0.6) is 0 Å². The van der Waals surface area contributed by atoms with Crippen molar-refractivity contribution in [1.82, 2.24) is 29.8 Å². The molecule has 274 valence electrons. The van der Waals surface area contributed by atoms with Gasteiger partial charge >= 0.3 is 0 Å². The number of fused-ring (bicyclic) bond motifs is 2. The number of aromatic nitrogens is 2. The van der Waals surface area contributed by atoms with Crippen molar-refractivity contribution in [2.75, 3.05) is 32.5 Å². The average Bonchev–Trinajstić information content (AvgIpc) is 3.85. The minimum atomic E-state index is -3.72. The van der Waals surface area contributed by atoms with Crippen LogP contribution in [0.4, 0.5) is 0 Å². The van der Waals surface area contributed by atoms with Gasteiger partial charge in [-0.25, -0.2) is 13.4 Å². The number of sulfonamides is 1. The monoisotopic (exact) mass is 738 g/mol. The van der Waals surface area contributed by atoms with Crippen molar-refractivity contribution in [3.8, 4) is 0 Å². The lowest BCUT2D eigenvalue weighted by molar-refractivity contribution is -0.123. The second kappa shape index (κ2) is 15.0. The van der Waals surface area contributed by atoms with E-state index in [1.165, 1.54) is 12.8 Å². The molecule has 0 bridgehead atoms. The van der Waals surface area contributed by atoms with Gasteiger partial charge in [-0.3, -0.25) is 18.9 Å². The normalized spacial score (nSPS) is 35.6. The van der Waals surface area contributed by atoms with E-state index in [0.29, 0.717) is 56.9 Å². The third-order valence-corrected chi connectivity index (χ3v) is 16.3. The number of nitrogens with one attached hydrogen (secondary N) is 3. The Labute approximate surface area is 300 Å². The van der Waals surface area contributed by atoms with Gasteiger partial charge in [-0.15, -0.1) is 11.6 Å². The summed E-state index contributed by atoms with van der Waals surface area (Å²) in [7, 11) is -1.51. The molecule has 0 radical (unpaired) electrons. The zero-order valence-corrected chi connectivity index (χ0v) is 31.6. The van der Waals surface area contributed by atoms with Crippen LogP contribution in [0.15, 0.2) is 4.79 Å². The maximum Gasteiger partial charge on any atom is 0.257 e. The van der Waals surface area contributed by atoms with Gasteiger partial charge in [-0.1, -0.05) is 0 Å². The number of ether oxygens (including phenoxy) is 1. The van der Waals surface area contributed by atoms with Crippen molar-refractivity contribution in [2.45, 2.75) is 137 Å². The van der Waals surface area contributed by atoms with Gasteiger partial charge in [0.15, 0.2) is 0 Å². The molecule has 3 aliphatic carbocycles. The molecule has 6 aliphatic rings. The summed E-state index contributed by atoms with van der Waals surface area (Å²) < 4.78 is 37.2. The maximum absolute atomic E-state index is 13.8. The van der Waals surface area contributed by atoms with Crippen molar-refractivity contribution in [2.24, 2.45) is 17.8 Å². The van der Waals surface area contributed by atoms with Crippen LogP contribution in [0.3, 0.4) is 0 Å². The number of halogens is 1. The fourth-order valence-electron chi connectivity index (χ4n) is 9.53. The van der Waals surface area contributed by atoms with E-state index >= 15 is 0 Å². The standard InChI is InChI=1S/C35H55ClN6O5S2/c1-20-16-27(33-32(38-20)29(19-48-33)34(43)40-49(45,46)25-10-12-37-13-11-25)26-17-22(36)4-9-31(26)47-15-14-42-21(2)39-30-8-7-24(18-28(30)35(42)44)41(3)23-5-6-23/h20,22-27,29,31-33,37-38H,4-19H2,1-3H3,(H,40,43)/t20?,22?,24-,26?,27?,29?,31?,32?,33?/m0/s1. The first-order chi connectivity index (χ1) is 23.5. The zero-order valence-electron chi connectivity index (χ0n) is 29.2. The van der Waals surface area contributed by atoms with Crippen LogP contribution < -0.4 is 20.9 Å². The third-order valence-electron chi connectivity index (χ3n) is 12.4. The van der Waals surface area contributed by atoms with Gasteiger partial charge in [-0.2, -0.15) is 11.8 Å². The average molecular weight is 739 g/mol. The quantitative estimate of drug-likeness (QED) is 0.308. The van der Waals surface area contributed by atoms with Crippen molar-refractivity contribution < 1.29 is 17.9 Å². The molecule has 0 aromatic carbocycles. The molecule has 9 atom stereocenters. The Kier molecular flexibility index (Phi) is 11.1. The Bertz CT molecular complexity index is 1530. The molecule has 3 N–H and O–H groups in total. The van der Waals surface area contributed by atoms with Crippen LogP contribution in [0.1, 0.15) is 81.8 Å². The maximum atomic E-state index is 13.8. The fourth-order valence-corrected chi connectivity index (χ4v) is 13.1. The Morgan fingerprint density at radius 2 is 1.88 bits per heavy atom. The second-order valence-corrected chi connectivity index (χ2v) is 19.5. The molecule has 14 heteroatoms. The smallest absolute Gasteiger partial charge is 0.257 e. The molecular weight excluding hydrogens is 684 g/mol. The number of piperidine rings is 2. The Morgan fingerprint density at radius 1 is 1.10 bits per heavy atom. The lowest BCUT2D eigenvalue weighted by Gasteiger charge is -2.47. The molecule has 5 fully saturated rings. The molecule has 1 aromatic rings. The van der Waals surface area contributed by atoms with E-state index in [4.69, 9.17) is 21.3 Å². The molecule has 8 unspecified atom stereocenters. The first-order valence-corrected chi connectivity index (χ1v) is 21.7.